The normalized spacial score (nSPS) is 10.5. The summed E-state index contributed by atoms with van der Waals surface area (Å²) in [6, 6.07) is 0. The molecule has 19 heavy (non-hydrogen) atoms. The fourth-order valence-electron chi connectivity index (χ4n) is 1.50. The van der Waals surface area contributed by atoms with Crippen LogP contribution >= 0.6 is 0 Å². The maximum atomic E-state index is 5.92. The van der Waals surface area contributed by atoms with E-state index in [4.69, 9.17) is 19.9 Å². The van der Waals surface area contributed by atoms with Crippen molar-refractivity contribution in [2.45, 2.75) is 20.0 Å². The Morgan fingerprint density at radius 2 is 2.05 bits per heavy atom. The second-order valence-corrected chi connectivity index (χ2v) is 3.82. The summed E-state index contributed by atoms with van der Waals surface area (Å²) in [5.41, 5.74) is 6.32. The fourth-order valence-corrected chi connectivity index (χ4v) is 1.50. The summed E-state index contributed by atoms with van der Waals surface area (Å²) in [6.45, 7) is 4.43. The molecule has 1 aromatic heterocycles. The first-order valence-electron chi connectivity index (χ1n) is 6.23. The maximum Gasteiger partial charge on any atom is 0.242 e. The van der Waals surface area contributed by atoms with Gasteiger partial charge in [-0.2, -0.15) is 4.98 Å². The van der Waals surface area contributed by atoms with Crippen LogP contribution in [0.4, 0.5) is 11.5 Å². The molecule has 108 valence electrons. The van der Waals surface area contributed by atoms with Gasteiger partial charge in [0.1, 0.15) is 12.3 Å². The maximum absolute atomic E-state index is 5.92. The lowest BCUT2D eigenvalue weighted by atomic mass is 10.4. The van der Waals surface area contributed by atoms with Crippen LogP contribution in [0.5, 0.6) is 5.88 Å². The van der Waals surface area contributed by atoms with Gasteiger partial charge in [0.15, 0.2) is 11.6 Å². The van der Waals surface area contributed by atoms with Crippen LogP contribution in [-0.2, 0) is 16.1 Å². The number of ether oxygens (including phenoxy) is 3. The number of anilines is 2. The zero-order valence-electron chi connectivity index (χ0n) is 11.7. The Bertz CT molecular complexity index is 387. The van der Waals surface area contributed by atoms with Crippen molar-refractivity contribution in [3.63, 3.8) is 0 Å². The smallest absolute Gasteiger partial charge is 0.242 e. The van der Waals surface area contributed by atoms with Gasteiger partial charge in [0.2, 0.25) is 5.88 Å². The summed E-state index contributed by atoms with van der Waals surface area (Å²) in [6.07, 6.45) is 0.874. The molecule has 0 radical (unpaired) electrons. The predicted molar refractivity (Wildman–Crippen MR) is 73.3 cm³/mol. The Balaban J connectivity index is 2.66. The van der Waals surface area contributed by atoms with Crippen molar-refractivity contribution in [1.29, 1.82) is 0 Å². The molecular formula is C12H22N4O3. The van der Waals surface area contributed by atoms with Crippen molar-refractivity contribution in [1.82, 2.24) is 9.97 Å². The number of aromatic nitrogens is 2. The Hall–Kier alpha value is -1.60. The minimum absolute atomic E-state index is 0.310. The van der Waals surface area contributed by atoms with Crippen LogP contribution in [0.15, 0.2) is 0 Å². The van der Waals surface area contributed by atoms with E-state index in [0.29, 0.717) is 36.4 Å². The highest BCUT2D eigenvalue weighted by Crippen LogP contribution is 2.25. The van der Waals surface area contributed by atoms with E-state index in [1.54, 1.807) is 7.11 Å². The van der Waals surface area contributed by atoms with E-state index in [9.17, 15) is 0 Å². The molecule has 7 heteroatoms. The molecule has 0 fully saturated rings. The third-order valence-electron chi connectivity index (χ3n) is 2.39. The SMILES string of the molecule is CCOCCCNc1nc(COC)nc(OC)c1N. The number of nitrogens with one attached hydrogen (secondary N) is 1. The molecular weight excluding hydrogens is 248 g/mol. The number of nitrogen functional groups attached to an aromatic ring is 1. The number of hydrogen-bond donors (Lipinski definition) is 2. The lowest BCUT2D eigenvalue weighted by Crippen LogP contribution is -2.12. The summed E-state index contributed by atoms with van der Waals surface area (Å²) in [5.74, 6) is 1.45. The van der Waals surface area contributed by atoms with Gasteiger partial charge in [0.25, 0.3) is 0 Å². The van der Waals surface area contributed by atoms with Gasteiger partial charge >= 0.3 is 0 Å². The second kappa shape index (κ2) is 8.49. The first kappa shape index (κ1) is 15.5. The van der Waals surface area contributed by atoms with Gasteiger partial charge in [-0.25, -0.2) is 4.98 Å². The fraction of sp³-hybridized carbons (Fsp3) is 0.667. The Morgan fingerprint density at radius 1 is 1.26 bits per heavy atom. The molecule has 0 amide bonds. The van der Waals surface area contributed by atoms with E-state index >= 15 is 0 Å². The first-order valence-corrected chi connectivity index (χ1v) is 6.23. The number of methoxy groups -OCH3 is 2. The van der Waals surface area contributed by atoms with E-state index in [0.717, 1.165) is 19.6 Å². The van der Waals surface area contributed by atoms with Crippen molar-refractivity contribution in [3.8, 4) is 5.88 Å². The van der Waals surface area contributed by atoms with Gasteiger partial charge in [0.05, 0.1) is 7.11 Å². The minimum Gasteiger partial charge on any atom is -0.479 e. The molecule has 7 nitrogen and oxygen atoms in total. The lowest BCUT2D eigenvalue weighted by molar-refractivity contribution is 0.147. The average molecular weight is 270 g/mol. The van der Waals surface area contributed by atoms with Crippen molar-refractivity contribution in [2.24, 2.45) is 0 Å². The number of nitrogens with two attached hydrogens (primary N) is 1. The summed E-state index contributed by atoms with van der Waals surface area (Å²) >= 11 is 0. The van der Waals surface area contributed by atoms with Crippen LogP contribution < -0.4 is 15.8 Å². The highest BCUT2D eigenvalue weighted by molar-refractivity contribution is 5.66. The molecule has 0 aliphatic carbocycles. The number of hydrogen-bond acceptors (Lipinski definition) is 7. The van der Waals surface area contributed by atoms with Crippen LogP contribution in [-0.4, -0.2) is 43.9 Å². The predicted octanol–water partition coefficient (Wildman–Crippen LogP) is 1.05. The molecule has 0 spiro atoms. The third-order valence-corrected chi connectivity index (χ3v) is 2.39. The Kier molecular flexibility index (Phi) is 6.91. The van der Waals surface area contributed by atoms with Gasteiger partial charge in [-0.15, -0.1) is 0 Å². The first-order chi connectivity index (χ1) is 9.22. The van der Waals surface area contributed by atoms with E-state index in [-0.39, 0.29) is 0 Å². The van der Waals surface area contributed by atoms with Crippen molar-refractivity contribution in [3.05, 3.63) is 5.82 Å². The van der Waals surface area contributed by atoms with Crippen LogP contribution in [0.25, 0.3) is 0 Å². The van der Waals surface area contributed by atoms with Crippen LogP contribution in [0.1, 0.15) is 19.2 Å². The van der Waals surface area contributed by atoms with Crippen LogP contribution in [0, 0.1) is 0 Å². The van der Waals surface area contributed by atoms with Gasteiger partial charge < -0.3 is 25.3 Å². The summed E-state index contributed by atoms with van der Waals surface area (Å²) in [7, 11) is 3.11. The molecule has 1 aromatic rings. The molecule has 0 aliphatic heterocycles. The number of rotatable bonds is 9. The number of nitrogens with zero attached hydrogens (tertiary/aromatic N) is 2. The molecule has 0 saturated carbocycles. The summed E-state index contributed by atoms with van der Waals surface area (Å²) < 4.78 is 15.4. The van der Waals surface area contributed by atoms with Gasteiger partial charge in [-0.05, 0) is 13.3 Å². The average Bonchev–Trinajstić information content (AvgIpc) is 2.41. The molecule has 3 N–H and O–H groups in total. The Labute approximate surface area is 113 Å². The quantitative estimate of drug-likeness (QED) is 0.648. The van der Waals surface area contributed by atoms with Crippen LogP contribution in [0.3, 0.4) is 0 Å². The minimum atomic E-state index is 0.310. The standard InChI is InChI=1S/C12H22N4O3/c1-4-19-7-5-6-14-11-10(13)12(18-3)16-9(15-11)8-17-2/h4-8,13H2,1-3H3,(H,14,15,16). The van der Waals surface area contributed by atoms with E-state index in [1.165, 1.54) is 7.11 Å². The monoisotopic (exact) mass is 270 g/mol. The zero-order chi connectivity index (χ0) is 14.1. The van der Waals surface area contributed by atoms with Crippen molar-refractivity contribution < 1.29 is 14.2 Å². The van der Waals surface area contributed by atoms with Crippen molar-refractivity contribution >= 4 is 11.5 Å². The van der Waals surface area contributed by atoms with Gasteiger partial charge in [-0.3, -0.25) is 0 Å². The highest BCUT2D eigenvalue weighted by atomic mass is 16.5. The molecule has 0 aliphatic rings. The molecule has 0 bridgehead atoms. The highest BCUT2D eigenvalue weighted by Gasteiger charge is 2.11. The summed E-state index contributed by atoms with van der Waals surface area (Å²) in [5, 5.41) is 3.15. The van der Waals surface area contributed by atoms with Gasteiger partial charge in [0, 0.05) is 26.9 Å². The molecule has 0 saturated heterocycles. The van der Waals surface area contributed by atoms with E-state index in [2.05, 4.69) is 15.3 Å². The lowest BCUT2D eigenvalue weighted by Gasteiger charge is -2.12. The molecule has 0 atom stereocenters. The van der Waals surface area contributed by atoms with Crippen molar-refractivity contribution in [2.75, 3.05) is 45.0 Å². The topological polar surface area (TPSA) is 91.5 Å². The van der Waals surface area contributed by atoms with Crippen LogP contribution in [0.2, 0.25) is 0 Å². The van der Waals surface area contributed by atoms with E-state index < -0.39 is 0 Å². The molecule has 1 heterocycles. The molecule has 0 aromatic carbocycles. The molecule has 1 rings (SSSR count). The summed E-state index contributed by atoms with van der Waals surface area (Å²) in [4.78, 5) is 8.45. The molecule has 0 unspecified atom stereocenters. The second-order valence-electron chi connectivity index (χ2n) is 3.82. The van der Waals surface area contributed by atoms with Gasteiger partial charge in [-0.1, -0.05) is 0 Å². The zero-order valence-corrected chi connectivity index (χ0v) is 11.7. The largest absolute Gasteiger partial charge is 0.479 e. The third kappa shape index (κ3) is 4.88. The Morgan fingerprint density at radius 3 is 2.68 bits per heavy atom. The van der Waals surface area contributed by atoms with E-state index in [1.807, 2.05) is 6.92 Å².